The van der Waals surface area contributed by atoms with Crippen LogP contribution in [0.3, 0.4) is 0 Å². The van der Waals surface area contributed by atoms with Crippen molar-refractivity contribution in [3.8, 4) is 0 Å². The van der Waals surface area contributed by atoms with Gasteiger partial charge in [-0.1, -0.05) is 22.0 Å². The first-order valence-corrected chi connectivity index (χ1v) is 7.21. The molecule has 1 aromatic carbocycles. The van der Waals surface area contributed by atoms with Crippen molar-refractivity contribution in [3.05, 3.63) is 33.8 Å². The summed E-state index contributed by atoms with van der Waals surface area (Å²) < 4.78 is 32.9. The molecular weight excluding hydrogens is 367 g/mol. The van der Waals surface area contributed by atoms with Crippen molar-refractivity contribution < 1.29 is 28.2 Å². The molecule has 1 aliphatic carbocycles. The third-order valence-corrected chi connectivity index (χ3v) is 4.23. The maximum Gasteiger partial charge on any atom is 0.490 e. The van der Waals surface area contributed by atoms with Gasteiger partial charge >= 0.3 is 12.1 Å². The van der Waals surface area contributed by atoms with Crippen LogP contribution in [0.1, 0.15) is 17.5 Å². The Balaban J connectivity index is 0.000000295. The lowest BCUT2D eigenvalue weighted by atomic mass is 9.91. The summed E-state index contributed by atoms with van der Waals surface area (Å²) in [6.45, 7) is 0.189. The number of aliphatic carboxylic acids is 1. The molecule has 4 nitrogen and oxygen atoms in total. The van der Waals surface area contributed by atoms with E-state index in [0.29, 0.717) is 0 Å². The number of carboxylic acids is 1. The van der Waals surface area contributed by atoms with Gasteiger partial charge in [-0.15, -0.1) is 0 Å². The fourth-order valence-electron chi connectivity index (χ4n) is 2.47. The summed E-state index contributed by atoms with van der Waals surface area (Å²) in [4.78, 5) is 11.0. The summed E-state index contributed by atoms with van der Waals surface area (Å²) >= 11 is 3.49. The lowest BCUT2D eigenvalue weighted by Crippen LogP contribution is -2.42. The van der Waals surface area contributed by atoms with Crippen LogP contribution in [0.5, 0.6) is 0 Å². The molecule has 0 radical (unpaired) electrons. The zero-order chi connectivity index (χ0) is 17.1. The second kappa shape index (κ2) is 6.97. The van der Waals surface area contributed by atoms with E-state index in [-0.39, 0.29) is 12.1 Å². The van der Waals surface area contributed by atoms with Gasteiger partial charge < -0.3 is 10.2 Å². The van der Waals surface area contributed by atoms with Crippen LogP contribution in [0.15, 0.2) is 22.7 Å². The van der Waals surface area contributed by atoms with Crippen LogP contribution in [0.4, 0.5) is 13.2 Å². The molecule has 0 aliphatic heterocycles. The molecule has 1 aromatic rings. The van der Waals surface area contributed by atoms with Crippen LogP contribution in [-0.4, -0.2) is 48.0 Å². The predicted octanol–water partition coefficient (Wildman–Crippen LogP) is 2.78. The Morgan fingerprint density at radius 1 is 1.41 bits per heavy atom. The summed E-state index contributed by atoms with van der Waals surface area (Å²) in [5.74, 6) is -2.76. The Hall–Kier alpha value is -1.12. The molecule has 0 saturated carbocycles. The standard InChI is InChI=1S/C12H16BrNO.C2HF3O2/c1-14(2)12(8-15)6-5-9-7-10(13)3-4-11(9)12;3-2(4,5)1(6)7/h3-4,7,15H,5-6,8H2,1-2H3;(H,6,7). The quantitative estimate of drug-likeness (QED) is 0.824. The number of hydrogen-bond donors (Lipinski definition) is 2. The van der Waals surface area contributed by atoms with Crippen LogP contribution in [0, 0.1) is 0 Å². The van der Waals surface area contributed by atoms with E-state index < -0.39 is 12.1 Å². The molecule has 22 heavy (non-hydrogen) atoms. The van der Waals surface area contributed by atoms with Crippen molar-refractivity contribution in [2.75, 3.05) is 20.7 Å². The van der Waals surface area contributed by atoms with Crippen molar-refractivity contribution in [1.29, 1.82) is 0 Å². The van der Waals surface area contributed by atoms with E-state index in [1.807, 2.05) is 14.1 Å². The SMILES string of the molecule is CN(C)C1(CO)CCc2cc(Br)ccc21.O=C(O)C(F)(F)F. The number of rotatable bonds is 2. The van der Waals surface area contributed by atoms with Gasteiger partial charge in [0, 0.05) is 4.47 Å². The molecule has 0 heterocycles. The van der Waals surface area contributed by atoms with Crippen molar-refractivity contribution in [1.82, 2.24) is 4.90 Å². The van der Waals surface area contributed by atoms with Crippen LogP contribution in [-0.2, 0) is 16.8 Å². The van der Waals surface area contributed by atoms with Crippen LogP contribution in [0.2, 0.25) is 0 Å². The number of halogens is 4. The highest BCUT2D eigenvalue weighted by Gasteiger charge is 2.40. The van der Waals surface area contributed by atoms with Gasteiger partial charge in [-0.25, -0.2) is 4.79 Å². The molecule has 1 aliphatic rings. The highest BCUT2D eigenvalue weighted by atomic mass is 79.9. The number of benzene rings is 1. The average molecular weight is 384 g/mol. The van der Waals surface area contributed by atoms with E-state index >= 15 is 0 Å². The molecule has 0 saturated heterocycles. The molecule has 2 N–H and O–H groups in total. The van der Waals surface area contributed by atoms with E-state index in [1.54, 1.807) is 0 Å². The number of fused-ring (bicyclic) bond motifs is 1. The number of nitrogens with zero attached hydrogens (tertiary/aromatic N) is 1. The third kappa shape index (κ3) is 3.99. The number of likely N-dealkylation sites (N-methyl/N-ethyl adjacent to an activating group) is 1. The number of alkyl halides is 3. The number of aliphatic hydroxyl groups excluding tert-OH is 1. The maximum absolute atomic E-state index is 10.6. The smallest absolute Gasteiger partial charge is 0.475 e. The molecule has 0 bridgehead atoms. The molecule has 2 rings (SSSR count). The first kappa shape index (κ1) is 18.9. The molecule has 1 unspecified atom stereocenters. The topological polar surface area (TPSA) is 60.8 Å². The molecule has 124 valence electrons. The molecule has 0 fully saturated rings. The second-order valence-electron chi connectivity index (χ2n) is 5.19. The van der Waals surface area contributed by atoms with E-state index in [4.69, 9.17) is 9.90 Å². The molecular formula is C14H17BrF3NO3. The van der Waals surface area contributed by atoms with Crippen molar-refractivity contribution in [2.24, 2.45) is 0 Å². The summed E-state index contributed by atoms with van der Waals surface area (Å²) in [6.07, 6.45) is -3.03. The van der Waals surface area contributed by atoms with Crippen molar-refractivity contribution in [3.63, 3.8) is 0 Å². The number of aryl methyl sites for hydroxylation is 1. The Kier molecular flexibility index (Phi) is 6.00. The molecule has 8 heteroatoms. The molecule has 1 atom stereocenters. The molecule has 0 spiro atoms. The summed E-state index contributed by atoms with van der Waals surface area (Å²) in [6, 6.07) is 6.34. The summed E-state index contributed by atoms with van der Waals surface area (Å²) in [5, 5.41) is 16.8. The van der Waals surface area contributed by atoms with Crippen molar-refractivity contribution >= 4 is 21.9 Å². The Morgan fingerprint density at radius 2 is 1.95 bits per heavy atom. The van der Waals surface area contributed by atoms with Gasteiger partial charge in [-0.05, 0) is 50.2 Å². The monoisotopic (exact) mass is 383 g/mol. The maximum atomic E-state index is 10.6. The molecule has 0 amide bonds. The zero-order valence-electron chi connectivity index (χ0n) is 12.1. The van der Waals surface area contributed by atoms with Gasteiger partial charge in [0.25, 0.3) is 0 Å². The van der Waals surface area contributed by atoms with Gasteiger partial charge in [0.1, 0.15) is 0 Å². The van der Waals surface area contributed by atoms with Crippen LogP contribution >= 0.6 is 15.9 Å². The van der Waals surface area contributed by atoms with E-state index in [9.17, 15) is 18.3 Å². The van der Waals surface area contributed by atoms with Gasteiger partial charge in [-0.3, -0.25) is 4.90 Å². The second-order valence-corrected chi connectivity index (χ2v) is 6.10. The fourth-order valence-corrected chi connectivity index (χ4v) is 2.88. The lowest BCUT2D eigenvalue weighted by Gasteiger charge is -2.35. The first-order chi connectivity index (χ1) is 10.0. The van der Waals surface area contributed by atoms with Crippen LogP contribution < -0.4 is 0 Å². The summed E-state index contributed by atoms with van der Waals surface area (Å²) in [5.41, 5.74) is 2.46. The Labute approximate surface area is 134 Å². The minimum Gasteiger partial charge on any atom is -0.475 e. The van der Waals surface area contributed by atoms with E-state index in [0.717, 1.165) is 17.3 Å². The first-order valence-electron chi connectivity index (χ1n) is 6.42. The Bertz CT molecular complexity index is 549. The van der Waals surface area contributed by atoms with E-state index in [2.05, 4.69) is 39.0 Å². The highest BCUT2D eigenvalue weighted by Crippen LogP contribution is 2.41. The highest BCUT2D eigenvalue weighted by molar-refractivity contribution is 9.10. The van der Waals surface area contributed by atoms with E-state index in [1.165, 1.54) is 11.1 Å². The molecule has 0 aromatic heterocycles. The predicted molar refractivity (Wildman–Crippen MR) is 78.6 cm³/mol. The largest absolute Gasteiger partial charge is 0.490 e. The van der Waals surface area contributed by atoms with Crippen LogP contribution in [0.25, 0.3) is 0 Å². The minimum absolute atomic E-state index is 0.171. The lowest BCUT2D eigenvalue weighted by molar-refractivity contribution is -0.192. The number of carboxylic acid groups (broad SMARTS) is 1. The third-order valence-electron chi connectivity index (χ3n) is 3.74. The fraction of sp³-hybridized carbons (Fsp3) is 0.500. The summed E-state index contributed by atoms with van der Waals surface area (Å²) in [7, 11) is 4.07. The van der Waals surface area contributed by atoms with Gasteiger partial charge in [-0.2, -0.15) is 13.2 Å². The minimum atomic E-state index is -5.08. The number of carbonyl (C=O) groups is 1. The Morgan fingerprint density at radius 3 is 2.36 bits per heavy atom. The normalized spacial score (nSPS) is 20.4. The number of aliphatic hydroxyl groups is 1. The van der Waals surface area contributed by atoms with Gasteiger partial charge in [0.2, 0.25) is 0 Å². The average Bonchev–Trinajstić information content (AvgIpc) is 2.77. The van der Waals surface area contributed by atoms with Gasteiger partial charge in [0.15, 0.2) is 0 Å². The number of hydrogen-bond acceptors (Lipinski definition) is 3. The zero-order valence-corrected chi connectivity index (χ0v) is 13.7. The van der Waals surface area contributed by atoms with Gasteiger partial charge in [0.05, 0.1) is 12.1 Å². The van der Waals surface area contributed by atoms with Crippen molar-refractivity contribution in [2.45, 2.75) is 24.6 Å².